The van der Waals surface area contributed by atoms with Gasteiger partial charge < -0.3 is 4.57 Å². The fourth-order valence-electron chi connectivity index (χ4n) is 1.25. The maximum absolute atomic E-state index is 2.40. The molecule has 0 spiro atoms. The molecular formula is C11H19NSi. The molecule has 0 N–H and O–H groups in total. The van der Waals surface area contributed by atoms with Crippen molar-refractivity contribution < 1.29 is 0 Å². The molecule has 0 saturated carbocycles. The molecule has 0 aromatic heterocycles. The van der Waals surface area contributed by atoms with E-state index in [1.54, 1.807) is 0 Å². The largest absolute Gasteiger partial charge is 0.329 e. The van der Waals surface area contributed by atoms with Gasteiger partial charge in [-0.1, -0.05) is 43.4 Å². The highest BCUT2D eigenvalue weighted by Crippen LogP contribution is 2.13. The van der Waals surface area contributed by atoms with Gasteiger partial charge in [-0.25, -0.2) is 0 Å². The van der Waals surface area contributed by atoms with Crippen LogP contribution in [0.15, 0.2) is 30.3 Å². The molecule has 72 valence electrons. The molecule has 2 heteroatoms. The van der Waals surface area contributed by atoms with Crippen molar-refractivity contribution in [2.24, 2.45) is 0 Å². The molecule has 0 heterocycles. The summed E-state index contributed by atoms with van der Waals surface area (Å²) in [7, 11) is 3.19. The van der Waals surface area contributed by atoms with Crippen molar-refractivity contribution in [3.8, 4) is 0 Å². The first kappa shape index (κ1) is 10.5. The summed E-state index contributed by atoms with van der Waals surface area (Å²) in [6, 6.07) is 12.0. The average molecular weight is 193 g/mol. The van der Waals surface area contributed by atoms with Gasteiger partial charge in [-0.05, 0) is 25.7 Å². The lowest BCUT2D eigenvalue weighted by atomic mass is 10.2. The van der Waals surface area contributed by atoms with Crippen LogP contribution < -0.4 is 0 Å². The molecule has 1 aromatic carbocycles. The van der Waals surface area contributed by atoms with Gasteiger partial charge in [-0.15, -0.1) is 0 Å². The first-order chi connectivity index (χ1) is 6.02. The molecule has 1 rings (SSSR count). The highest BCUT2D eigenvalue weighted by Gasteiger charge is 2.23. The predicted octanol–water partition coefficient (Wildman–Crippen LogP) is 2.54. The van der Waals surface area contributed by atoms with Crippen molar-refractivity contribution >= 4 is 8.24 Å². The van der Waals surface area contributed by atoms with Crippen LogP contribution in [0.4, 0.5) is 0 Å². The van der Waals surface area contributed by atoms with E-state index in [4.69, 9.17) is 0 Å². The molecule has 0 radical (unpaired) electrons. The number of hydrogen-bond donors (Lipinski definition) is 0. The van der Waals surface area contributed by atoms with Crippen molar-refractivity contribution in [1.82, 2.24) is 4.57 Å². The predicted molar refractivity (Wildman–Crippen MR) is 61.3 cm³/mol. The van der Waals surface area contributed by atoms with Crippen LogP contribution in [0.2, 0.25) is 13.1 Å². The van der Waals surface area contributed by atoms with Crippen molar-refractivity contribution in [2.75, 3.05) is 14.1 Å². The zero-order valence-electron chi connectivity index (χ0n) is 9.04. The Morgan fingerprint density at radius 2 is 1.62 bits per heavy atom. The Morgan fingerprint density at radius 3 is 2.08 bits per heavy atom. The normalized spacial score (nSPS) is 12.1. The summed E-state index contributed by atoms with van der Waals surface area (Å²) in [6.45, 7) is 4.81. The van der Waals surface area contributed by atoms with Crippen molar-refractivity contribution in [3.63, 3.8) is 0 Å². The third-order valence-electron chi connectivity index (χ3n) is 2.69. The highest BCUT2D eigenvalue weighted by atomic mass is 28.3. The SMILES string of the molecule is CN(C)[Si](C)(C)Cc1ccccc1. The van der Waals surface area contributed by atoms with E-state index in [-0.39, 0.29) is 0 Å². The van der Waals surface area contributed by atoms with E-state index in [0.29, 0.717) is 0 Å². The molecule has 0 aliphatic carbocycles. The molecule has 0 fully saturated rings. The van der Waals surface area contributed by atoms with E-state index in [9.17, 15) is 0 Å². The average Bonchev–Trinajstić information content (AvgIpc) is 2.05. The lowest BCUT2D eigenvalue weighted by Crippen LogP contribution is -2.45. The summed E-state index contributed by atoms with van der Waals surface area (Å²) in [5.74, 6) is 0. The Balaban J connectivity index is 2.69. The van der Waals surface area contributed by atoms with Crippen molar-refractivity contribution in [2.45, 2.75) is 19.1 Å². The Kier molecular flexibility index (Phi) is 3.28. The second-order valence-electron chi connectivity index (χ2n) is 4.37. The van der Waals surface area contributed by atoms with Crippen molar-refractivity contribution in [3.05, 3.63) is 35.9 Å². The molecule has 0 aliphatic heterocycles. The monoisotopic (exact) mass is 193 g/mol. The van der Waals surface area contributed by atoms with Crippen LogP contribution in [0.1, 0.15) is 5.56 Å². The third-order valence-corrected chi connectivity index (χ3v) is 6.38. The van der Waals surface area contributed by atoms with Crippen LogP contribution in [0.5, 0.6) is 0 Å². The topological polar surface area (TPSA) is 3.24 Å². The second-order valence-corrected chi connectivity index (χ2v) is 9.24. The lowest BCUT2D eigenvalue weighted by Gasteiger charge is -2.30. The summed E-state index contributed by atoms with van der Waals surface area (Å²) in [4.78, 5) is 0. The van der Waals surface area contributed by atoms with Gasteiger partial charge in [0, 0.05) is 0 Å². The van der Waals surface area contributed by atoms with Gasteiger partial charge in [0.25, 0.3) is 0 Å². The molecule has 0 aliphatic rings. The number of rotatable bonds is 3. The summed E-state index contributed by atoms with van der Waals surface area (Å²) in [6.07, 6.45) is 0. The van der Waals surface area contributed by atoms with Crippen molar-refractivity contribution in [1.29, 1.82) is 0 Å². The van der Waals surface area contributed by atoms with E-state index < -0.39 is 8.24 Å². The standard InChI is InChI=1S/C11H19NSi/c1-12(2)13(3,4)10-11-8-6-5-7-9-11/h5-9H,10H2,1-4H3. The zero-order valence-corrected chi connectivity index (χ0v) is 10.0. The Morgan fingerprint density at radius 1 is 1.08 bits per heavy atom. The fourth-order valence-corrected chi connectivity index (χ4v) is 2.80. The van der Waals surface area contributed by atoms with Crippen LogP contribution in [0, 0.1) is 0 Å². The summed E-state index contributed by atoms with van der Waals surface area (Å²) in [5, 5.41) is 0. The molecular weight excluding hydrogens is 174 g/mol. The molecule has 0 amide bonds. The number of hydrogen-bond acceptors (Lipinski definition) is 1. The Labute approximate surface area is 82.5 Å². The van der Waals surface area contributed by atoms with E-state index in [1.165, 1.54) is 11.6 Å². The Hall–Kier alpha value is -0.603. The number of benzene rings is 1. The van der Waals surface area contributed by atoms with Crippen LogP contribution in [-0.4, -0.2) is 26.9 Å². The molecule has 0 unspecified atom stereocenters. The minimum atomic E-state index is -1.19. The first-order valence-electron chi connectivity index (χ1n) is 4.74. The minimum Gasteiger partial charge on any atom is -0.329 e. The van der Waals surface area contributed by atoms with Gasteiger partial charge >= 0.3 is 0 Å². The second kappa shape index (κ2) is 4.07. The van der Waals surface area contributed by atoms with Gasteiger partial charge in [-0.3, -0.25) is 0 Å². The molecule has 0 saturated heterocycles. The van der Waals surface area contributed by atoms with Crippen LogP contribution >= 0.6 is 0 Å². The molecule has 0 bridgehead atoms. The summed E-state index contributed by atoms with van der Waals surface area (Å²) < 4.78 is 2.40. The summed E-state index contributed by atoms with van der Waals surface area (Å²) in [5.41, 5.74) is 1.47. The maximum atomic E-state index is 2.40. The van der Waals surface area contributed by atoms with Crippen LogP contribution in [-0.2, 0) is 6.04 Å². The first-order valence-corrected chi connectivity index (χ1v) is 7.89. The molecule has 1 nitrogen and oxygen atoms in total. The molecule has 0 atom stereocenters. The molecule has 13 heavy (non-hydrogen) atoms. The highest BCUT2D eigenvalue weighted by molar-refractivity contribution is 6.74. The smallest absolute Gasteiger partial charge is 0.126 e. The fraction of sp³-hybridized carbons (Fsp3) is 0.455. The van der Waals surface area contributed by atoms with Gasteiger partial charge in [0.05, 0.1) is 0 Å². The van der Waals surface area contributed by atoms with Crippen LogP contribution in [0.3, 0.4) is 0 Å². The molecule has 1 aromatic rings. The van der Waals surface area contributed by atoms with E-state index in [0.717, 1.165) is 0 Å². The van der Waals surface area contributed by atoms with Crippen LogP contribution in [0.25, 0.3) is 0 Å². The maximum Gasteiger partial charge on any atom is 0.126 e. The van der Waals surface area contributed by atoms with Gasteiger partial charge in [0.2, 0.25) is 0 Å². The summed E-state index contributed by atoms with van der Waals surface area (Å²) >= 11 is 0. The van der Waals surface area contributed by atoms with E-state index in [2.05, 4.69) is 62.1 Å². The van der Waals surface area contributed by atoms with Gasteiger partial charge in [0.1, 0.15) is 8.24 Å². The third kappa shape index (κ3) is 2.97. The van der Waals surface area contributed by atoms with Gasteiger partial charge in [0.15, 0.2) is 0 Å². The van der Waals surface area contributed by atoms with E-state index in [1.807, 2.05) is 0 Å². The quantitative estimate of drug-likeness (QED) is 0.667. The lowest BCUT2D eigenvalue weighted by molar-refractivity contribution is 0.617. The zero-order chi connectivity index (χ0) is 9.90. The van der Waals surface area contributed by atoms with E-state index >= 15 is 0 Å². The minimum absolute atomic E-state index is 1.19. The number of nitrogens with zero attached hydrogens (tertiary/aromatic N) is 1. The Bertz CT molecular complexity index is 254. The van der Waals surface area contributed by atoms with Gasteiger partial charge in [-0.2, -0.15) is 0 Å².